The highest BCUT2D eigenvalue weighted by molar-refractivity contribution is 7.91. The average Bonchev–Trinajstić information content (AvgIpc) is 2.74. The molecule has 1 amide bonds. The SMILES string of the molecule is CC(C)COC(=O)N1CCC(Nc2ccc(S(=O)(=O)c3ccccc3)cc2O)CC1. The average molecular weight is 433 g/mol. The van der Waals surface area contributed by atoms with Crippen molar-refractivity contribution in [1.82, 2.24) is 4.90 Å². The predicted octanol–water partition coefficient (Wildman–Crippen LogP) is 3.89. The molecule has 1 heterocycles. The molecule has 2 aromatic carbocycles. The van der Waals surface area contributed by atoms with Crippen LogP contribution in [0, 0.1) is 5.92 Å². The molecule has 0 atom stereocenters. The maximum absolute atomic E-state index is 12.7. The normalized spacial score (nSPS) is 15.2. The molecular weight excluding hydrogens is 404 g/mol. The van der Waals surface area contributed by atoms with Gasteiger partial charge >= 0.3 is 6.09 Å². The van der Waals surface area contributed by atoms with Crippen molar-refractivity contribution in [2.75, 3.05) is 25.0 Å². The second-order valence-corrected chi connectivity index (χ2v) is 9.82. The van der Waals surface area contributed by atoms with Crippen molar-refractivity contribution in [2.45, 2.75) is 42.5 Å². The summed E-state index contributed by atoms with van der Waals surface area (Å²) in [5.41, 5.74) is 0.475. The number of likely N-dealkylation sites (tertiary alicyclic amines) is 1. The number of rotatable bonds is 6. The number of piperidine rings is 1. The highest BCUT2D eigenvalue weighted by Crippen LogP contribution is 2.31. The van der Waals surface area contributed by atoms with Crippen LogP contribution in [-0.4, -0.2) is 50.3 Å². The van der Waals surface area contributed by atoms with Gasteiger partial charge in [-0.3, -0.25) is 0 Å². The summed E-state index contributed by atoms with van der Waals surface area (Å²) in [4.78, 5) is 14.0. The number of carbonyl (C=O) groups is 1. The molecule has 2 aromatic rings. The van der Waals surface area contributed by atoms with Gasteiger partial charge in [0.05, 0.1) is 22.1 Å². The summed E-state index contributed by atoms with van der Waals surface area (Å²) in [6, 6.07) is 12.5. The molecule has 8 heteroatoms. The molecule has 0 aliphatic carbocycles. The minimum absolute atomic E-state index is 0.0412. The van der Waals surface area contributed by atoms with Crippen LogP contribution in [-0.2, 0) is 14.6 Å². The number of hydrogen-bond acceptors (Lipinski definition) is 6. The molecule has 0 aromatic heterocycles. The number of phenols is 1. The van der Waals surface area contributed by atoms with Gasteiger partial charge in [-0.1, -0.05) is 32.0 Å². The Kier molecular flexibility index (Phi) is 6.87. The minimum Gasteiger partial charge on any atom is -0.506 e. The Hall–Kier alpha value is -2.74. The number of ether oxygens (including phenoxy) is 1. The van der Waals surface area contributed by atoms with E-state index in [9.17, 15) is 18.3 Å². The van der Waals surface area contributed by atoms with Gasteiger partial charge in [-0.25, -0.2) is 13.2 Å². The summed E-state index contributed by atoms with van der Waals surface area (Å²) in [6.07, 6.45) is 1.13. The second-order valence-electron chi connectivity index (χ2n) is 7.87. The van der Waals surface area contributed by atoms with Crippen molar-refractivity contribution in [3.8, 4) is 5.75 Å². The third-order valence-corrected chi connectivity index (χ3v) is 6.75. The first kappa shape index (κ1) is 22.0. The number of anilines is 1. The van der Waals surface area contributed by atoms with Gasteiger partial charge in [0, 0.05) is 25.2 Å². The quantitative estimate of drug-likeness (QED) is 0.672. The van der Waals surface area contributed by atoms with Crippen molar-refractivity contribution in [2.24, 2.45) is 5.92 Å². The molecule has 1 saturated heterocycles. The van der Waals surface area contributed by atoms with E-state index in [4.69, 9.17) is 4.74 Å². The van der Waals surface area contributed by atoms with E-state index < -0.39 is 9.84 Å². The van der Waals surface area contributed by atoms with Crippen molar-refractivity contribution < 1.29 is 23.1 Å². The number of sulfone groups is 1. The Morgan fingerprint density at radius 3 is 2.40 bits per heavy atom. The third-order valence-electron chi connectivity index (χ3n) is 4.99. The number of aromatic hydroxyl groups is 1. The van der Waals surface area contributed by atoms with Crippen LogP contribution in [0.4, 0.5) is 10.5 Å². The molecule has 1 fully saturated rings. The van der Waals surface area contributed by atoms with Crippen LogP contribution in [0.2, 0.25) is 0 Å². The number of benzene rings is 2. The third kappa shape index (κ3) is 5.24. The minimum atomic E-state index is -3.69. The Morgan fingerprint density at radius 1 is 1.13 bits per heavy atom. The van der Waals surface area contributed by atoms with Crippen LogP contribution >= 0.6 is 0 Å². The highest BCUT2D eigenvalue weighted by Gasteiger charge is 2.25. The molecule has 0 unspecified atom stereocenters. The van der Waals surface area contributed by atoms with Gasteiger partial charge in [-0.05, 0) is 43.0 Å². The number of nitrogens with one attached hydrogen (secondary N) is 1. The van der Waals surface area contributed by atoms with Gasteiger partial charge in [0.2, 0.25) is 9.84 Å². The van der Waals surface area contributed by atoms with Gasteiger partial charge in [0.25, 0.3) is 0 Å². The topological polar surface area (TPSA) is 95.9 Å². The predicted molar refractivity (Wildman–Crippen MR) is 114 cm³/mol. The first-order valence-corrected chi connectivity index (χ1v) is 11.6. The lowest BCUT2D eigenvalue weighted by atomic mass is 10.0. The van der Waals surface area contributed by atoms with Crippen molar-refractivity contribution >= 4 is 21.6 Å². The number of hydrogen-bond donors (Lipinski definition) is 2. The maximum Gasteiger partial charge on any atom is 0.409 e. The first-order chi connectivity index (χ1) is 14.3. The van der Waals surface area contributed by atoms with E-state index in [1.807, 2.05) is 13.8 Å². The Morgan fingerprint density at radius 2 is 1.80 bits per heavy atom. The van der Waals surface area contributed by atoms with E-state index >= 15 is 0 Å². The van der Waals surface area contributed by atoms with Crippen molar-refractivity contribution in [1.29, 1.82) is 0 Å². The van der Waals surface area contributed by atoms with Gasteiger partial charge < -0.3 is 20.1 Å². The van der Waals surface area contributed by atoms with E-state index in [1.165, 1.54) is 24.3 Å². The van der Waals surface area contributed by atoms with E-state index in [-0.39, 0.29) is 27.7 Å². The summed E-state index contributed by atoms with van der Waals surface area (Å²) in [5.74, 6) is 0.176. The monoisotopic (exact) mass is 432 g/mol. The largest absolute Gasteiger partial charge is 0.506 e. The van der Waals surface area contributed by atoms with Gasteiger partial charge in [0.15, 0.2) is 0 Å². The molecule has 1 aliphatic heterocycles. The number of amides is 1. The van der Waals surface area contributed by atoms with Crippen LogP contribution in [0.3, 0.4) is 0 Å². The molecule has 0 saturated carbocycles. The van der Waals surface area contributed by atoms with Crippen LogP contribution < -0.4 is 5.32 Å². The van der Waals surface area contributed by atoms with Crippen LogP contribution in [0.5, 0.6) is 5.75 Å². The van der Waals surface area contributed by atoms with Crippen molar-refractivity contribution in [3.05, 3.63) is 48.5 Å². The Labute approximate surface area is 177 Å². The summed E-state index contributed by atoms with van der Waals surface area (Å²) >= 11 is 0. The summed E-state index contributed by atoms with van der Waals surface area (Å²) < 4.78 is 30.7. The molecule has 30 heavy (non-hydrogen) atoms. The lowest BCUT2D eigenvalue weighted by molar-refractivity contribution is 0.0845. The van der Waals surface area contributed by atoms with Crippen LogP contribution in [0.1, 0.15) is 26.7 Å². The van der Waals surface area contributed by atoms with Gasteiger partial charge in [0.1, 0.15) is 5.75 Å². The highest BCUT2D eigenvalue weighted by atomic mass is 32.2. The molecule has 3 rings (SSSR count). The fourth-order valence-electron chi connectivity index (χ4n) is 3.29. The zero-order chi connectivity index (χ0) is 21.7. The molecule has 1 aliphatic rings. The second kappa shape index (κ2) is 9.38. The van der Waals surface area contributed by atoms with E-state index in [0.29, 0.717) is 44.1 Å². The fraction of sp³-hybridized carbons (Fsp3) is 0.409. The zero-order valence-electron chi connectivity index (χ0n) is 17.2. The van der Waals surface area contributed by atoms with E-state index in [1.54, 1.807) is 29.2 Å². The van der Waals surface area contributed by atoms with Gasteiger partial charge in [-0.2, -0.15) is 0 Å². The van der Waals surface area contributed by atoms with Crippen LogP contribution in [0.25, 0.3) is 0 Å². The molecular formula is C22H28N2O5S. The number of phenolic OH excluding ortho intramolecular Hbond substituents is 1. The maximum atomic E-state index is 12.7. The fourth-order valence-corrected chi connectivity index (χ4v) is 4.59. The Bertz CT molecular complexity index is 968. The Balaban J connectivity index is 1.60. The molecule has 2 N–H and O–H groups in total. The van der Waals surface area contributed by atoms with Crippen molar-refractivity contribution in [3.63, 3.8) is 0 Å². The summed E-state index contributed by atoms with van der Waals surface area (Å²) in [5, 5.41) is 13.6. The van der Waals surface area contributed by atoms with Gasteiger partial charge in [-0.15, -0.1) is 0 Å². The first-order valence-electron chi connectivity index (χ1n) is 10.1. The number of nitrogens with zero attached hydrogens (tertiary/aromatic N) is 1. The molecule has 0 spiro atoms. The lowest BCUT2D eigenvalue weighted by Crippen LogP contribution is -2.42. The molecule has 0 bridgehead atoms. The summed E-state index contributed by atoms with van der Waals surface area (Å²) in [7, 11) is -3.69. The zero-order valence-corrected chi connectivity index (χ0v) is 18.1. The van der Waals surface area contributed by atoms with E-state index in [0.717, 1.165) is 0 Å². The molecule has 0 radical (unpaired) electrons. The van der Waals surface area contributed by atoms with Crippen LogP contribution in [0.15, 0.2) is 58.3 Å². The molecule has 162 valence electrons. The summed E-state index contributed by atoms with van der Waals surface area (Å²) in [6.45, 7) is 5.52. The standard InChI is InChI=1S/C22H28N2O5S/c1-16(2)15-29-22(26)24-12-10-17(11-13-24)23-20-9-8-19(14-21(20)25)30(27,28)18-6-4-3-5-7-18/h3-9,14,16-17,23,25H,10-13,15H2,1-2H3. The number of carbonyl (C=O) groups excluding carboxylic acids is 1. The smallest absolute Gasteiger partial charge is 0.409 e. The lowest BCUT2D eigenvalue weighted by Gasteiger charge is -2.32. The molecule has 7 nitrogen and oxygen atoms in total. The van der Waals surface area contributed by atoms with E-state index in [2.05, 4.69) is 5.32 Å².